The van der Waals surface area contributed by atoms with Crippen LogP contribution in [0.3, 0.4) is 0 Å². The zero-order valence-corrected chi connectivity index (χ0v) is 35.1. The van der Waals surface area contributed by atoms with Crippen LogP contribution in [0.4, 0.5) is 16.3 Å². The van der Waals surface area contributed by atoms with Gasteiger partial charge in [0.15, 0.2) is 0 Å². The molecule has 1 N–H and O–H groups in total. The third kappa shape index (κ3) is 10.4. The number of nitrogens with zero attached hydrogens (tertiary/aromatic N) is 6. The topological polar surface area (TPSA) is 151 Å². The van der Waals surface area contributed by atoms with Crippen LogP contribution in [0.15, 0.2) is 58.9 Å². The monoisotopic (exact) mass is 841 g/mol. The van der Waals surface area contributed by atoms with E-state index in [1.165, 1.54) is 34.9 Å². The van der Waals surface area contributed by atoms with Crippen LogP contribution in [-0.2, 0) is 24.8 Å². The zero-order valence-electron chi connectivity index (χ0n) is 32.7. The van der Waals surface area contributed by atoms with Crippen LogP contribution in [0.25, 0.3) is 26.5 Å². The molecule has 16 heteroatoms. The van der Waals surface area contributed by atoms with Crippen molar-refractivity contribution in [2.45, 2.75) is 81.8 Å². The van der Waals surface area contributed by atoms with E-state index in [0.717, 1.165) is 42.2 Å². The van der Waals surface area contributed by atoms with Crippen molar-refractivity contribution in [1.29, 1.82) is 5.26 Å². The number of anilines is 1. The van der Waals surface area contributed by atoms with Crippen molar-refractivity contribution in [1.82, 2.24) is 20.2 Å². The number of hydrogen-bond acceptors (Lipinski definition) is 12. The minimum absolute atomic E-state index is 0.0447. The molecule has 58 heavy (non-hydrogen) atoms. The molecule has 0 unspecified atom stereocenters. The van der Waals surface area contributed by atoms with E-state index in [9.17, 15) is 19.6 Å². The Labute approximate surface area is 351 Å². The lowest BCUT2D eigenvalue weighted by Gasteiger charge is -2.28. The SMILES string of the molecule is [C-]#[N+]c1c(N2CCCC2)nc(SCc2csc(-c3ccc(Cl)cc3)n2)c(C#N)c1-c1ccc(OCCOC(=O)[C@H](C)NC(=O)[C@@H]2CCCN2C(=O)OC(C)(C)C)cc1. The van der Waals surface area contributed by atoms with Gasteiger partial charge < -0.3 is 24.4 Å². The minimum atomic E-state index is -0.943. The van der Waals surface area contributed by atoms with Gasteiger partial charge in [0, 0.05) is 46.9 Å². The molecule has 6 rings (SSSR count). The predicted octanol–water partition coefficient (Wildman–Crippen LogP) is 8.67. The van der Waals surface area contributed by atoms with Crippen molar-refractivity contribution < 1.29 is 28.6 Å². The number of rotatable bonds is 13. The number of aromatic nitrogens is 2. The number of thioether (sulfide) groups is 1. The van der Waals surface area contributed by atoms with Gasteiger partial charge in [0.25, 0.3) is 0 Å². The summed E-state index contributed by atoms with van der Waals surface area (Å²) in [6.45, 7) is 16.9. The first-order chi connectivity index (χ1) is 27.8. The van der Waals surface area contributed by atoms with Crippen LogP contribution >= 0.6 is 34.7 Å². The first-order valence-electron chi connectivity index (χ1n) is 19.0. The Morgan fingerprint density at radius 1 is 1.05 bits per heavy atom. The van der Waals surface area contributed by atoms with Crippen LogP contribution in [0.2, 0.25) is 5.02 Å². The standard InChI is InChI=1S/C42H44ClN7O6S2/c1-26(46-37(51)33-9-8-20-50(33)41(53)56-42(2,3)4)40(52)55-22-21-54-31-16-12-27(13-17-31)34-32(23-44)39(48-36(35(34)45-5)49-18-6-7-19-49)58-25-30-24-57-38(47-30)28-10-14-29(43)15-11-28/h10-17,24,26,33H,6-9,18-22,25H2,1-4H3,(H,46,51)/t26-,33-/m0/s1. The summed E-state index contributed by atoms with van der Waals surface area (Å²) in [5.41, 5.74) is 2.96. The maximum atomic E-state index is 13.0. The highest BCUT2D eigenvalue weighted by Gasteiger charge is 2.37. The van der Waals surface area contributed by atoms with Gasteiger partial charge in [0.05, 0.1) is 17.8 Å². The summed E-state index contributed by atoms with van der Waals surface area (Å²) in [6, 6.07) is 15.3. The molecule has 2 saturated heterocycles. The molecule has 2 fully saturated rings. The number of carbonyl (C=O) groups is 3. The number of carbonyl (C=O) groups excluding carboxylic acids is 3. The molecule has 0 saturated carbocycles. The second-order valence-corrected chi connectivity index (χ2v) is 17.1. The van der Waals surface area contributed by atoms with Gasteiger partial charge in [-0.1, -0.05) is 47.6 Å². The molecule has 2 atom stereocenters. The van der Waals surface area contributed by atoms with Gasteiger partial charge in [-0.25, -0.2) is 24.4 Å². The van der Waals surface area contributed by atoms with Gasteiger partial charge in [-0.3, -0.25) is 9.69 Å². The lowest BCUT2D eigenvalue weighted by Crippen LogP contribution is -2.51. The van der Waals surface area contributed by atoms with E-state index < -0.39 is 35.7 Å². The normalized spacial score (nSPS) is 15.7. The molecule has 0 radical (unpaired) electrons. The first-order valence-corrected chi connectivity index (χ1v) is 21.2. The number of benzene rings is 2. The number of amides is 2. The molecule has 0 bridgehead atoms. The van der Waals surface area contributed by atoms with Crippen molar-refractivity contribution in [3.63, 3.8) is 0 Å². The molecule has 13 nitrogen and oxygen atoms in total. The lowest BCUT2D eigenvalue weighted by molar-refractivity contribution is -0.148. The summed E-state index contributed by atoms with van der Waals surface area (Å²) in [4.78, 5) is 55.5. The fourth-order valence-electron chi connectivity index (χ4n) is 6.62. The van der Waals surface area contributed by atoms with Gasteiger partial charge in [-0.15, -0.1) is 11.3 Å². The summed E-state index contributed by atoms with van der Waals surface area (Å²) in [5.74, 6) is 0.469. The van der Waals surface area contributed by atoms with Gasteiger partial charge in [-0.2, -0.15) is 5.26 Å². The number of esters is 1. The maximum Gasteiger partial charge on any atom is 0.410 e. The van der Waals surface area contributed by atoms with Crippen LogP contribution in [-0.4, -0.2) is 83.4 Å². The number of pyridine rings is 1. The Morgan fingerprint density at radius 2 is 1.76 bits per heavy atom. The molecule has 4 aromatic rings. The van der Waals surface area contributed by atoms with Gasteiger partial charge in [0.1, 0.15) is 58.6 Å². The molecule has 4 heterocycles. The maximum absolute atomic E-state index is 13.0. The number of likely N-dealkylation sites (tertiary alicyclic amines) is 1. The highest BCUT2D eigenvalue weighted by Crippen LogP contribution is 2.45. The summed E-state index contributed by atoms with van der Waals surface area (Å²) in [5, 5.41) is 17.2. The van der Waals surface area contributed by atoms with Crippen LogP contribution in [0.5, 0.6) is 5.75 Å². The zero-order chi connectivity index (χ0) is 41.4. The fourth-order valence-corrected chi connectivity index (χ4v) is 8.55. The molecule has 2 aliphatic heterocycles. The third-order valence-corrected chi connectivity index (χ3v) is 11.6. The van der Waals surface area contributed by atoms with Crippen LogP contribution in [0.1, 0.15) is 64.6 Å². The number of nitrogens with one attached hydrogen (secondary N) is 1. The summed E-state index contributed by atoms with van der Waals surface area (Å²) >= 11 is 9.02. The summed E-state index contributed by atoms with van der Waals surface area (Å²) in [6.07, 6.45) is 2.54. The molecule has 2 aliphatic rings. The van der Waals surface area contributed by atoms with Crippen LogP contribution < -0.4 is 15.0 Å². The number of halogens is 1. The third-order valence-electron chi connectivity index (χ3n) is 9.38. The van der Waals surface area contributed by atoms with E-state index in [4.69, 9.17) is 42.4 Å². The average Bonchev–Trinajstić information content (AvgIpc) is 4.01. The van der Waals surface area contributed by atoms with Crippen molar-refractivity contribution in [3.05, 3.63) is 81.6 Å². The fraction of sp³-hybridized carbons (Fsp3) is 0.405. The Kier molecular flexibility index (Phi) is 13.8. The quantitative estimate of drug-likeness (QED) is 0.0596. The van der Waals surface area contributed by atoms with Crippen molar-refractivity contribution in [2.75, 3.05) is 37.7 Å². The highest BCUT2D eigenvalue weighted by atomic mass is 35.5. The van der Waals surface area contributed by atoms with Gasteiger partial charge >= 0.3 is 12.1 Å². The molecule has 0 aliphatic carbocycles. The minimum Gasteiger partial charge on any atom is -0.490 e. The van der Waals surface area contributed by atoms with E-state index in [1.807, 2.05) is 29.6 Å². The molecular weight excluding hydrogens is 798 g/mol. The molecule has 302 valence electrons. The molecule has 2 aromatic carbocycles. The average molecular weight is 842 g/mol. The Balaban J connectivity index is 1.09. The number of thiazole rings is 1. The molecule has 2 amide bonds. The van der Waals surface area contributed by atoms with Crippen molar-refractivity contribution in [3.8, 4) is 33.5 Å². The summed E-state index contributed by atoms with van der Waals surface area (Å²) < 4.78 is 16.7. The second-order valence-electron chi connectivity index (χ2n) is 14.8. The molecule has 2 aromatic heterocycles. The van der Waals surface area contributed by atoms with E-state index in [0.29, 0.717) is 69.1 Å². The highest BCUT2D eigenvalue weighted by molar-refractivity contribution is 7.98. The van der Waals surface area contributed by atoms with Gasteiger partial charge in [0.2, 0.25) is 11.6 Å². The van der Waals surface area contributed by atoms with E-state index in [1.54, 1.807) is 45.0 Å². The molecular formula is C42H44ClN7O6S2. The Bertz CT molecular complexity index is 2210. The molecule has 0 spiro atoms. The number of hydrogen-bond donors (Lipinski definition) is 1. The van der Waals surface area contributed by atoms with Crippen molar-refractivity contribution >= 4 is 64.2 Å². The predicted molar refractivity (Wildman–Crippen MR) is 224 cm³/mol. The first kappa shape index (κ1) is 42.3. The van der Waals surface area contributed by atoms with Crippen molar-refractivity contribution in [2.24, 2.45) is 0 Å². The Hall–Kier alpha value is -5.35. The lowest BCUT2D eigenvalue weighted by atomic mass is 9.99. The van der Waals surface area contributed by atoms with E-state index in [-0.39, 0.29) is 13.2 Å². The Morgan fingerprint density at radius 3 is 2.43 bits per heavy atom. The van der Waals surface area contributed by atoms with E-state index in [2.05, 4.69) is 21.1 Å². The van der Waals surface area contributed by atoms with Crippen LogP contribution in [0, 0.1) is 17.9 Å². The second kappa shape index (κ2) is 18.9. The summed E-state index contributed by atoms with van der Waals surface area (Å²) in [7, 11) is 0. The number of nitriles is 1. The largest absolute Gasteiger partial charge is 0.490 e. The smallest absolute Gasteiger partial charge is 0.410 e. The number of ether oxygens (including phenoxy) is 3. The van der Waals surface area contributed by atoms with E-state index >= 15 is 0 Å². The van der Waals surface area contributed by atoms with Gasteiger partial charge in [-0.05, 0) is 83.2 Å².